The summed E-state index contributed by atoms with van der Waals surface area (Å²) in [6, 6.07) is 0. The molecule has 1 fully saturated rings. The van der Waals surface area contributed by atoms with Crippen LogP contribution < -0.4 is 16.2 Å². The molecule has 3 rings (SSSR count). The highest BCUT2D eigenvalue weighted by Crippen LogP contribution is 2.28. The minimum atomic E-state index is 0.0250. The van der Waals surface area contributed by atoms with Gasteiger partial charge in [0.05, 0.1) is 5.69 Å². The third-order valence-electron chi connectivity index (χ3n) is 3.45. The van der Waals surface area contributed by atoms with Crippen molar-refractivity contribution in [3.05, 3.63) is 21.6 Å². The molecule has 0 unspecified atom stereocenters. The molecule has 0 amide bonds. The van der Waals surface area contributed by atoms with E-state index in [0.717, 1.165) is 49.7 Å². The molecule has 0 bridgehead atoms. The lowest BCUT2D eigenvalue weighted by molar-refractivity contribution is 0.708. The molecule has 5 heteroatoms. The fraction of sp³-hybridized carbons (Fsp3) is 0.667. The van der Waals surface area contributed by atoms with Gasteiger partial charge in [0, 0.05) is 25.1 Å². The van der Waals surface area contributed by atoms with E-state index in [9.17, 15) is 4.79 Å². The van der Waals surface area contributed by atoms with Gasteiger partial charge < -0.3 is 10.6 Å². The lowest BCUT2D eigenvalue weighted by atomic mass is 10.1. The Labute approximate surface area is 100 Å². The van der Waals surface area contributed by atoms with E-state index in [4.69, 9.17) is 0 Å². The molecule has 1 saturated carbocycles. The summed E-state index contributed by atoms with van der Waals surface area (Å²) >= 11 is 0. The predicted octanol–water partition coefficient (Wildman–Crippen LogP) is 0.280. The van der Waals surface area contributed by atoms with E-state index < -0.39 is 0 Å². The smallest absolute Gasteiger partial charge is 0.255 e. The van der Waals surface area contributed by atoms with Gasteiger partial charge >= 0.3 is 0 Å². The molecule has 2 heterocycles. The first-order valence-electron chi connectivity index (χ1n) is 6.39. The molecule has 0 saturated heterocycles. The summed E-state index contributed by atoms with van der Waals surface area (Å²) in [5, 5.41) is 6.52. The van der Waals surface area contributed by atoms with Crippen molar-refractivity contribution >= 4 is 5.95 Å². The molecule has 1 aliphatic carbocycles. The first kappa shape index (κ1) is 10.8. The van der Waals surface area contributed by atoms with Crippen molar-refractivity contribution in [1.29, 1.82) is 0 Å². The van der Waals surface area contributed by atoms with Crippen molar-refractivity contribution in [1.82, 2.24) is 15.3 Å². The van der Waals surface area contributed by atoms with E-state index in [2.05, 4.69) is 20.6 Å². The Bertz CT molecular complexity index is 464. The van der Waals surface area contributed by atoms with Crippen LogP contribution in [0.15, 0.2) is 4.79 Å². The van der Waals surface area contributed by atoms with Gasteiger partial charge in [-0.1, -0.05) is 0 Å². The van der Waals surface area contributed by atoms with Gasteiger partial charge in [0.1, 0.15) is 0 Å². The molecule has 3 N–H and O–H groups in total. The van der Waals surface area contributed by atoms with E-state index in [1.165, 1.54) is 12.8 Å². The van der Waals surface area contributed by atoms with Crippen LogP contribution in [0.5, 0.6) is 0 Å². The fourth-order valence-electron chi connectivity index (χ4n) is 2.20. The van der Waals surface area contributed by atoms with Gasteiger partial charge in [0.15, 0.2) is 0 Å². The molecule has 5 nitrogen and oxygen atoms in total. The summed E-state index contributed by atoms with van der Waals surface area (Å²) in [4.78, 5) is 19.3. The van der Waals surface area contributed by atoms with Gasteiger partial charge in [-0.15, -0.1) is 0 Å². The first-order valence-corrected chi connectivity index (χ1v) is 6.39. The highest BCUT2D eigenvalue weighted by atomic mass is 16.1. The predicted molar refractivity (Wildman–Crippen MR) is 66.3 cm³/mol. The first-order chi connectivity index (χ1) is 8.33. The second-order valence-corrected chi connectivity index (χ2v) is 4.91. The molecule has 0 spiro atoms. The fourth-order valence-corrected chi connectivity index (χ4v) is 2.20. The summed E-state index contributed by atoms with van der Waals surface area (Å²) in [6.45, 7) is 2.71. The number of anilines is 1. The number of rotatable bonds is 3. The van der Waals surface area contributed by atoms with E-state index in [0.29, 0.717) is 5.95 Å². The molecule has 1 aromatic heterocycles. The minimum absolute atomic E-state index is 0.0250. The van der Waals surface area contributed by atoms with Crippen LogP contribution in [-0.2, 0) is 12.8 Å². The van der Waals surface area contributed by atoms with Gasteiger partial charge in [-0.3, -0.25) is 9.78 Å². The number of hydrogen-bond donors (Lipinski definition) is 3. The van der Waals surface area contributed by atoms with Crippen molar-refractivity contribution in [3.63, 3.8) is 0 Å². The van der Waals surface area contributed by atoms with Crippen molar-refractivity contribution < 1.29 is 0 Å². The third kappa shape index (κ3) is 2.49. The highest BCUT2D eigenvalue weighted by Gasteiger charge is 2.21. The molecular formula is C12H18N4O. The lowest BCUT2D eigenvalue weighted by Crippen LogP contribution is -2.21. The number of fused-ring (bicyclic) bond motifs is 1. The zero-order valence-electron chi connectivity index (χ0n) is 9.88. The van der Waals surface area contributed by atoms with Crippen molar-refractivity contribution in [2.24, 2.45) is 5.92 Å². The zero-order valence-corrected chi connectivity index (χ0v) is 9.88. The van der Waals surface area contributed by atoms with E-state index in [-0.39, 0.29) is 5.56 Å². The molecule has 0 radical (unpaired) electrons. The summed E-state index contributed by atoms with van der Waals surface area (Å²) in [5.41, 5.74) is 1.83. The average molecular weight is 234 g/mol. The molecule has 0 aromatic carbocycles. The zero-order chi connectivity index (χ0) is 11.7. The Morgan fingerprint density at radius 2 is 2.12 bits per heavy atom. The van der Waals surface area contributed by atoms with Crippen LogP contribution in [0.4, 0.5) is 5.95 Å². The number of nitrogens with one attached hydrogen (secondary N) is 3. The second kappa shape index (κ2) is 4.49. The molecule has 2 aliphatic rings. The third-order valence-corrected chi connectivity index (χ3v) is 3.45. The second-order valence-electron chi connectivity index (χ2n) is 4.91. The van der Waals surface area contributed by atoms with Gasteiger partial charge in [0.25, 0.3) is 5.56 Å². The minimum Gasteiger partial charge on any atom is -0.355 e. The molecule has 0 atom stereocenters. The Kier molecular flexibility index (Phi) is 2.84. The van der Waals surface area contributed by atoms with Gasteiger partial charge in [0.2, 0.25) is 5.95 Å². The largest absolute Gasteiger partial charge is 0.355 e. The van der Waals surface area contributed by atoms with Crippen LogP contribution >= 0.6 is 0 Å². The van der Waals surface area contributed by atoms with Gasteiger partial charge in [-0.25, -0.2) is 4.98 Å². The Hall–Kier alpha value is -1.36. The standard InChI is InChI=1S/C12H18N4O/c17-11-9-3-5-13-6-4-10(9)15-12(16-11)14-7-8-1-2-8/h8,13H,1-7H2,(H2,14,15,16,17). The summed E-state index contributed by atoms with van der Waals surface area (Å²) in [6.07, 6.45) is 4.22. The number of H-pyrrole nitrogens is 1. The lowest BCUT2D eigenvalue weighted by Gasteiger charge is -2.08. The summed E-state index contributed by atoms with van der Waals surface area (Å²) in [7, 11) is 0. The highest BCUT2D eigenvalue weighted by molar-refractivity contribution is 5.31. The number of aromatic amines is 1. The van der Waals surface area contributed by atoms with Crippen LogP contribution in [-0.4, -0.2) is 29.6 Å². The van der Waals surface area contributed by atoms with Crippen molar-refractivity contribution in [3.8, 4) is 0 Å². The topological polar surface area (TPSA) is 69.8 Å². The number of aromatic nitrogens is 2. The molecule has 17 heavy (non-hydrogen) atoms. The Morgan fingerprint density at radius 3 is 2.94 bits per heavy atom. The van der Waals surface area contributed by atoms with Gasteiger partial charge in [-0.2, -0.15) is 0 Å². The van der Waals surface area contributed by atoms with E-state index >= 15 is 0 Å². The van der Waals surface area contributed by atoms with Crippen LogP contribution in [0, 0.1) is 5.92 Å². The quantitative estimate of drug-likeness (QED) is 0.702. The maximum atomic E-state index is 11.9. The summed E-state index contributed by atoms with van der Waals surface area (Å²) in [5.74, 6) is 1.42. The molecule has 1 aliphatic heterocycles. The Morgan fingerprint density at radius 1 is 1.29 bits per heavy atom. The van der Waals surface area contributed by atoms with E-state index in [1.807, 2.05) is 0 Å². The van der Waals surface area contributed by atoms with Crippen molar-refractivity contribution in [2.45, 2.75) is 25.7 Å². The number of hydrogen-bond acceptors (Lipinski definition) is 4. The maximum Gasteiger partial charge on any atom is 0.255 e. The van der Waals surface area contributed by atoms with Crippen LogP contribution in [0.3, 0.4) is 0 Å². The molecule has 1 aromatic rings. The molecule has 92 valence electrons. The summed E-state index contributed by atoms with van der Waals surface area (Å²) < 4.78 is 0. The van der Waals surface area contributed by atoms with Crippen LogP contribution in [0.2, 0.25) is 0 Å². The molecular weight excluding hydrogens is 216 g/mol. The normalized spacial score (nSPS) is 19.5. The van der Waals surface area contributed by atoms with Crippen LogP contribution in [0.1, 0.15) is 24.1 Å². The van der Waals surface area contributed by atoms with Crippen molar-refractivity contribution in [2.75, 3.05) is 25.0 Å². The number of nitrogens with zero attached hydrogens (tertiary/aromatic N) is 1. The SMILES string of the molecule is O=c1[nH]c(NCC2CC2)nc2c1CCNCC2. The van der Waals surface area contributed by atoms with Gasteiger partial charge in [-0.05, 0) is 31.7 Å². The maximum absolute atomic E-state index is 11.9. The monoisotopic (exact) mass is 234 g/mol. The van der Waals surface area contributed by atoms with E-state index in [1.54, 1.807) is 0 Å². The van der Waals surface area contributed by atoms with Crippen LogP contribution in [0.25, 0.3) is 0 Å². The Balaban J connectivity index is 1.82. The average Bonchev–Trinajstić information content (AvgIpc) is 3.13.